The lowest BCUT2D eigenvalue weighted by Crippen LogP contribution is -2.45. The minimum atomic E-state index is -2.03. The number of carbonyl (C=O) groups excluding carboxylic acids is 2. The van der Waals surface area contributed by atoms with E-state index < -0.39 is 17.4 Å². The zero-order valence-electron chi connectivity index (χ0n) is 23.6. The summed E-state index contributed by atoms with van der Waals surface area (Å²) in [6, 6.07) is 29.1. The number of esters is 2. The predicted octanol–water partition coefficient (Wildman–Crippen LogP) is 7.64. The Labute approximate surface area is 275 Å². The predicted molar refractivity (Wildman–Crippen MR) is 175 cm³/mol. The Morgan fingerprint density at radius 2 is 1.17 bits per heavy atom. The van der Waals surface area contributed by atoms with E-state index in [-0.39, 0.29) is 24.4 Å². The molecule has 0 radical (unpaired) electrons. The zero-order chi connectivity index (χ0) is 32.3. The molecule has 46 heavy (non-hydrogen) atoms. The highest BCUT2D eigenvalue weighted by Crippen LogP contribution is 2.61. The standard InChI is InChI=1S/C35H18N4O4S3/c36-15-23(16-37)11-25-13-27-30(44-25)32-29(31-28(46-32)14-26(45-31)12-24(17-38)18-39)35(27,33(40)42-19-21-7-3-1-4-8-21)34(41)43-20-22-9-5-2-6-10-22/h1-14H,19-20H2. The Morgan fingerprint density at radius 1 is 0.674 bits per heavy atom. The van der Waals surface area contributed by atoms with E-state index in [1.165, 1.54) is 46.2 Å². The van der Waals surface area contributed by atoms with Crippen LogP contribution >= 0.6 is 34.0 Å². The van der Waals surface area contributed by atoms with Crippen LogP contribution < -0.4 is 0 Å². The van der Waals surface area contributed by atoms with E-state index in [0.29, 0.717) is 35.3 Å². The summed E-state index contributed by atoms with van der Waals surface area (Å²) < 4.78 is 13.2. The molecule has 1 aliphatic carbocycles. The maximum atomic E-state index is 14.6. The van der Waals surface area contributed by atoms with E-state index in [1.807, 2.05) is 66.7 Å². The smallest absolute Gasteiger partial charge is 0.333 e. The molecule has 0 fully saturated rings. The molecule has 0 saturated heterocycles. The molecule has 1 aliphatic rings. The first kappa shape index (κ1) is 30.2. The summed E-state index contributed by atoms with van der Waals surface area (Å²) in [7, 11) is 0. The molecule has 6 rings (SSSR count). The Balaban J connectivity index is 1.57. The van der Waals surface area contributed by atoms with Gasteiger partial charge in [0, 0.05) is 25.6 Å². The molecule has 3 heterocycles. The van der Waals surface area contributed by atoms with Crippen molar-refractivity contribution in [1.82, 2.24) is 0 Å². The van der Waals surface area contributed by atoms with Gasteiger partial charge in [0.25, 0.3) is 0 Å². The summed E-state index contributed by atoms with van der Waals surface area (Å²) in [4.78, 5) is 31.5. The normalized spacial score (nSPS) is 11.9. The molecule has 220 valence electrons. The number of rotatable bonds is 8. The maximum Gasteiger partial charge on any atom is 0.333 e. The lowest BCUT2D eigenvalue weighted by Gasteiger charge is -2.26. The SMILES string of the molecule is N#CC(C#N)=Cc1cc2c(s1)-c1sc3cc(C=C(C#N)C#N)sc3c1C2(C(=O)OCc1ccccc1)C(=O)OCc1ccccc1. The second-order valence-corrected chi connectivity index (χ2v) is 13.2. The van der Waals surface area contributed by atoms with E-state index in [4.69, 9.17) is 9.47 Å². The number of allylic oxidation sites excluding steroid dienone is 2. The monoisotopic (exact) mass is 654 g/mol. The molecule has 3 aromatic heterocycles. The van der Waals surface area contributed by atoms with Gasteiger partial charge in [0.2, 0.25) is 5.41 Å². The van der Waals surface area contributed by atoms with Crippen molar-refractivity contribution < 1.29 is 19.1 Å². The van der Waals surface area contributed by atoms with E-state index >= 15 is 0 Å². The number of ether oxygens (including phenoxy) is 2. The molecule has 8 nitrogen and oxygen atoms in total. The number of nitriles is 4. The van der Waals surface area contributed by atoms with Gasteiger partial charge in [0.15, 0.2) is 0 Å². The van der Waals surface area contributed by atoms with Crippen molar-refractivity contribution in [3.05, 3.63) is 116 Å². The minimum absolute atomic E-state index is 0.0809. The summed E-state index contributed by atoms with van der Waals surface area (Å²) in [6.45, 7) is -0.192. The van der Waals surface area contributed by atoms with Crippen LogP contribution in [-0.2, 0) is 37.7 Å². The van der Waals surface area contributed by atoms with Gasteiger partial charge in [-0.25, -0.2) is 0 Å². The molecule has 0 atom stereocenters. The summed E-state index contributed by atoms with van der Waals surface area (Å²) in [5.74, 6) is -1.66. The van der Waals surface area contributed by atoms with E-state index in [2.05, 4.69) is 0 Å². The van der Waals surface area contributed by atoms with Crippen LogP contribution in [0.1, 0.15) is 32.0 Å². The van der Waals surface area contributed by atoms with Crippen molar-refractivity contribution in [2.24, 2.45) is 0 Å². The number of hydrogen-bond donors (Lipinski definition) is 0. The molecule has 0 unspecified atom stereocenters. The average molecular weight is 655 g/mol. The van der Waals surface area contributed by atoms with Crippen LogP contribution in [0.2, 0.25) is 0 Å². The van der Waals surface area contributed by atoms with Crippen LogP contribution in [-0.4, -0.2) is 11.9 Å². The molecule has 2 aromatic carbocycles. The Kier molecular flexibility index (Phi) is 8.31. The third kappa shape index (κ3) is 5.26. The molecule has 0 N–H and O–H groups in total. The van der Waals surface area contributed by atoms with Gasteiger partial charge in [0.1, 0.15) is 48.6 Å². The zero-order valence-corrected chi connectivity index (χ0v) is 26.1. The van der Waals surface area contributed by atoms with Crippen molar-refractivity contribution in [1.29, 1.82) is 21.0 Å². The Bertz CT molecular complexity index is 2160. The van der Waals surface area contributed by atoms with Crippen molar-refractivity contribution >= 4 is 67.5 Å². The highest BCUT2D eigenvalue weighted by molar-refractivity contribution is 7.32. The van der Waals surface area contributed by atoms with Gasteiger partial charge in [-0.1, -0.05) is 60.7 Å². The fraction of sp³-hybridized carbons (Fsp3) is 0.0857. The Morgan fingerprint density at radius 3 is 1.67 bits per heavy atom. The summed E-state index contributed by atoms with van der Waals surface area (Å²) >= 11 is 3.87. The van der Waals surface area contributed by atoms with Crippen molar-refractivity contribution in [3.8, 4) is 34.0 Å². The van der Waals surface area contributed by atoms with Gasteiger partial charge in [-0.2, -0.15) is 21.0 Å². The second kappa shape index (κ2) is 12.7. The number of thiophene rings is 3. The van der Waals surface area contributed by atoms with Crippen LogP contribution in [0.25, 0.3) is 31.3 Å². The average Bonchev–Trinajstić information content (AvgIpc) is 3.83. The van der Waals surface area contributed by atoms with Gasteiger partial charge >= 0.3 is 11.9 Å². The summed E-state index contributed by atoms with van der Waals surface area (Å²) in [6.07, 6.45) is 2.88. The minimum Gasteiger partial charge on any atom is -0.459 e. The molecular weight excluding hydrogens is 637 g/mol. The fourth-order valence-electron chi connectivity index (χ4n) is 5.17. The van der Waals surface area contributed by atoms with Gasteiger partial charge in [0.05, 0.1) is 14.5 Å². The highest BCUT2D eigenvalue weighted by Gasteiger charge is 2.61. The van der Waals surface area contributed by atoms with Crippen LogP contribution in [0.15, 0.2) is 83.9 Å². The molecule has 0 spiro atoms. The van der Waals surface area contributed by atoms with Gasteiger partial charge < -0.3 is 9.47 Å². The lowest BCUT2D eigenvalue weighted by atomic mass is 9.79. The summed E-state index contributed by atoms with van der Waals surface area (Å²) in [5.41, 5.74) is -0.0272. The first-order valence-corrected chi connectivity index (χ1v) is 16.1. The van der Waals surface area contributed by atoms with Crippen molar-refractivity contribution in [2.75, 3.05) is 0 Å². The number of carbonyl (C=O) groups is 2. The topological polar surface area (TPSA) is 148 Å². The van der Waals surface area contributed by atoms with Crippen LogP contribution in [0, 0.1) is 45.3 Å². The van der Waals surface area contributed by atoms with Crippen LogP contribution in [0.3, 0.4) is 0 Å². The first-order valence-electron chi connectivity index (χ1n) is 13.6. The number of hydrogen-bond acceptors (Lipinski definition) is 11. The van der Waals surface area contributed by atoms with Crippen molar-refractivity contribution in [2.45, 2.75) is 18.6 Å². The van der Waals surface area contributed by atoms with Gasteiger partial charge in [-0.3, -0.25) is 9.59 Å². The van der Waals surface area contributed by atoms with Crippen LogP contribution in [0.4, 0.5) is 0 Å². The molecule has 0 bridgehead atoms. The third-order valence-corrected chi connectivity index (χ3v) is 10.8. The lowest BCUT2D eigenvalue weighted by molar-refractivity contribution is -0.164. The molecular formula is C35H18N4O4S3. The van der Waals surface area contributed by atoms with E-state index in [0.717, 1.165) is 15.8 Å². The quantitative estimate of drug-likeness (QED) is 0.0942. The number of benzene rings is 2. The molecule has 0 amide bonds. The van der Waals surface area contributed by atoms with Gasteiger partial charge in [-0.15, -0.1) is 34.0 Å². The number of nitrogens with zero attached hydrogens (tertiary/aromatic N) is 4. The molecule has 5 aromatic rings. The fourth-order valence-corrected chi connectivity index (χ4v) is 9.19. The second-order valence-electron chi connectivity index (χ2n) is 9.98. The van der Waals surface area contributed by atoms with Crippen molar-refractivity contribution in [3.63, 3.8) is 0 Å². The number of fused-ring (bicyclic) bond motifs is 5. The molecule has 11 heteroatoms. The third-order valence-electron chi connectivity index (χ3n) is 7.21. The maximum absolute atomic E-state index is 14.6. The van der Waals surface area contributed by atoms with Gasteiger partial charge in [-0.05, 0) is 35.4 Å². The summed E-state index contributed by atoms with van der Waals surface area (Å²) in [5, 5.41) is 37.4. The largest absolute Gasteiger partial charge is 0.459 e. The van der Waals surface area contributed by atoms with E-state index in [9.17, 15) is 30.6 Å². The van der Waals surface area contributed by atoms with E-state index in [1.54, 1.807) is 30.3 Å². The molecule has 0 aliphatic heterocycles. The first-order chi connectivity index (χ1) is 22.4. The van der Waals surface area contributed by atoms with Crippen LogP contribution in [0.5, 0.6) is 0 Å². The molecule has 0 saturated carbocycles. The highest BCUT2D eigenvalue weighted by atomic mass is 32.1. The Hall–Kier alpha value is -5.82.